The van der Waals surface area contributed by atoms with Gasteiger partial charge in [0.2, 0.25) is 5.91 Å². The van der Waals surface area contributed by atoms with Crippen LogP contribution in [0, 0.1) is 18.8 Å². The molecule has 4 aliphatic rings. The Bertz CT molecular complexity index is 641. The Hall–Kier alpha value is -1.91. The lowest BCUT2D eigenvalue weighted by Gasteiger charge is -2.36. The Morgan fingerprint density at radius 3 is 2.83 bits per heavy atom. The number of amides is 2. The molecule has 1 aromatic rings. The maximum atomic E-state index is 12.9. The van der Waals surface area contributed by atoms with Gasteiger partial charge in [0.05, 0.1) is 11.5 Å². The number of fused-ring (bicyclic) bond motifs is 4. The second-order valence-electron chi connectivity index (χ2n) is 7.26. The van der Waals surface area contributed by atoms with Crippen LogP contribution in [0.4, 0.5) is 0 Å². The highest BCUT2D eigenvalue weighted by Crippen LogP contribution is 2.35. The summed E-state index contributed by atoms with van der Waals surface area (Å²) in [4.78, 5) is 33.7. The average molecular weight is 313 g/mol. The number of rotatable bonds is 3. The maximum Gasteiger partial charge on any atom is 0.255 e. The summed E-state index contributed by atoms with van der Waals surface area (Å²) in [6.45, 7) is 4.06. The predicted molar refractivity (Wildman–Crippen MR) is 85.8 cm³/mol. The molecular formula is C18H23N3O2. The Morgan fingerprint density at radius 1 is 1.26 bits per heavy atom. The standard InChI is InChI=1S/C18H23N3O2/c1-12-6-7-19-8-16(12)18(23)20-10-14-4-5-15(11-20)21(17(14)22)9-13-2-3-13/h6-8,13-15H,2-5,9-11H2,1H3/t14-,15+/m1/s1. The van der Waals surface area contributed by atoms with Gasteiger partial charge in [-0.25, -0.2) is 0 Å². The van der Waals surface area contributed by atoms with Gasteiger partial charge in [0, 0.05) is 38.1 Å². The van der Waals surface area contributed by atoms with Crippen molar-refractivity contribution < 1.29 is 9.59 Å². The van der Waals surface area contributed by atoms with Crippen LogP contribution in [-0.4, -0.2) is 52.3 Å². The lowest BCUT2D eigenvalue weighted by atomic mass is 9.94. The van der Waals surface area contributed by atoms with Crippen LogP contribution in [0.1, 0.15) is 41.6 Å². The molecule has 23 heavy (non-hydrogen) atoms. The number of aromatic nitrogens is 1. The van der Waals surface area contributed by atoms with E-state index in [2.05, 4.69) is 9.88 Å². The number of nitrogens with zero attached hydrogens (tertiary/aromatic N) is 3. The Kier molecular flexibility index (Phi) is 3.58. The van der Waals surface area contributed by atoms with Crippen molar-refractivity contribution in [3.05, 3.63) is 29.6 Å². The summed E-state index contributed by atoms with van der Waals surface area (Å²) in [7, 11) is 0. The van der Waals surface area contributed by atoms with Crippen molar-refractivity contribution in [3.63, 3.8) is 0 Å². The highest BCUT2D eigenvalue weighted by Gasteiger charge is 2.43. The van der Waals surface area contributed by atoms with Crippen LogP contribution in [0.2, 0.25) is 0 Å². The van der Waals surface area contributed by atoms with Crippen LogP contribution in [0.3, 0.4) is 0 Å². The van der Waals surface area contributed by atoms with Crippen molar-refractivity contribution in [1.29, 1.82) is 0 Å². The fraction of sp³-hybridized carbons (Fsp3) is 0.611. The number of piperidine rings is 1. The third-order valence-electron chi connectivity index (χ3n) is 5.50. The zero-order valence-electron chi connectivity index (χ0n) is 13.6. The number of hydrogen-bond donors (Lipinski definition) is 0. The molecule has 0 aromatic carbocycles. The van der Waals surface area contributed by atoms with Crippen molar-refractivity contribution >= 4 is 11.8 Å². The van der Waals surface area contributed by atoms with E-state index in [1.165, 1.54) is 12.8 Å². The molecule has 3 saturated heterocycles. The van der Waals surface area contributed by atoms with Gasteiger partial charge < -0.3 is 9.80 Å². The third kappa shape index (κ3) is 2.73. The van der Waals surface area contributed by atoms with E-state index in [9.17, 15) is 9.59 Å². The van der Waals surface area contributed by atoms with E-state index in [1.54, 1.807) is 12.4 Å². The molecule has 0 spiro atoms. The molecule has 0 unspecified atom stereocenters. The molecule has 1 aliphatic carbocycles. The normalized spacial score (nSPS) is 27.3. The minimum Gasteiger partial charge on any atom is -0.337 e. The Labute approximate surface area is 136 Å². The number of carbonyl (C=O) groups excluding carboxylic acids is 2. The van der Waals surface area contributed by atoms with Gasteiger partial charge in [0.15, 0.2) is 0 Å². The largest absolute Gasteiger partial charge is 0.337 e. The SMILES string of the molecule is Cc1ccncc1C(=O)N1C[C@H]2CC[C@@H](C1)N(CC1CC1)C2=O. The molecule has 1 aromatic heterocycles. The van der Waals surface area contributed by atoms with Gasteiger partial charge in [0.1, 0.15) is 0 Å². The molecule has 4 heterocycles. The zero-order chi connectivity index (χ0) is 16.0. The van der Waals surface area contributed by atoms with Crippen LogP contribution in [-0.2, 0) is 4.79 Å². The molecule has 3 aliphatic heterocycles. The highest BCUT2D eigenvalue weighted by molar-refractivity contribution is 5.96. The van der Waals surface area contributed by atoms with Crippen LogP contribution < -0.4 is 0 Å². The van der Waals surface area contributed by atoms with E-state index in [0.717, 1.165) is 24.9 Å². The molecule has 5 nitrogen and oxygen atoms in total. The van der Waals surface area contributed by atoms with Gasteiger partial charge in [0.25, 0.3) is 5.91 Å². The zero-order valence-corrected chi connectivity index (χ0v) is 13.6. The van der Waals surface area contributed by atoms with Gasteiger partial charge in [-0.1, -0.05) is 0 Å². The van der Waals surface area contributed by atoms with E-state index in [-0.39, 0.29) is 23.8 Å². The first kappa shape index (κ1) is 14.7. The Balaban J connectivity index is 1.56. The van der Waals surface area contributed by atoms with Gasteiger partial charge >= 0.3 is 0 Å². The fourth-order valence-electron chi connectivity index (χ4n) is 3.88. The summed E-state index contributed by atoms with van der Waals surface area (Å²) in [6, 6.07) is 2.06. The van der Waals surface area contributed by atoms with Crippen molar-refractivity contribution in [2.75, 3.05) is 19.6 Å². The minimum atomic E-state index is -0.0200. The Morgan fingerprint density at radius 2 is 2.09 bits per heavy atom. The smallest absolute Gasteiger partial charge is 0.255 e. The molecule has 4 fully saturated rings. The first-order valence-electron chi connectivity index (χ1n) is 8.64. The van der Waals surface area contributed by atoms with E-state index in [0.29, 0.717) is 24.6 Å². The van der Waals surface area contributed by atoms with Crippen LogP contribution in [0.5, 0.6) is 0 Å². The molecule has 2 amide bonds. The molecule has 2 bridgehead atoms. The molecule has 0 N–H and O–H groups in total. The second-order valence-corrected chi connectivity index (χ2v) is 7.26. The van der Waals surface area contributed by atoms with Gasteiger partial charge in [-0.05, 0) is 50.2 Å². The first-order valence-corrected chi connectivity index (χ1v) is 8.64. The van der Waals surface area contributed by atoms with Crippen molar-refractivity contribution in [1.82, 2.24) is 14.8 Å². The van der Waals surface area contributed by atoms with Gasteiger partial charge in [-0.15, -0.1) is 0 Å². The first-order chi connectivity index (χ1) is 11.1. The summed E-state index contributed by atoms with van der Waals surface area (Å²) in [5, 5.41) is 0. The van der Waals surface area contributed by atoms with Crippen LogP contribution in [0.15, 0.2) is 18.5 Å². The lowest BCUT2D eigenvalue weighted by molar-refractivity contribution is -0.140. The molecule has 2 atom stereocenters. The fourth-order valence-corrected chi connectivity index (χ4v) is 3.88. The minimum absolute atomic E-state index is 0.0200. The van der Waals surface area contributed by atoms with Crippen LogP contribution >= 0.6 is 0 Å². The predicted octanol–water partition coefficient (Wildman–Crippen LogP) is 1.86. The summed E-state index contributed by atoms with van der Waals surface area (Å²) >= 11 is 0. The molecular weight excluding hydrogens is 290 g/mol. The number of hydrogen-bond acceptors (Lipinski definition) is 3. The third-order valence-corrected chi connectivity index (χ3v) is 5.50. The maximum absolute atomic E-state index is 12.9. The number of aryl methyl sites for hydroxylation is 1. The average Bonchev–Trinajstić information content (AvgIpc) is 3.38. The number of carbonyl (C=O) groups is 2. The van der Waals surface area contributed by atoms with E-state index in [1.807, 2.05) is 17.9 Å². The molecule has 1 saturated carbocycles. The van der Waals surface area contributed by atoms with Gasteiger partial charge in [-0.2, -0.15) is 0 Å². The monoisotopic (exact) mass is 313 g/mol. The lowest BCUT2D eigenvalue weighted by Crippen LogP contribution is -2.48. The molecule has 5 heteroatoms. The quantitative estimate of drug-likeness (QED) is 0.856. The van der Waals surface area contributed by atoms with E-state index in [4.69, 9.17) is 0 Å². The summed E-state index contributed by atoms with van der Waals surface area (Å²) < 4.78 is 0. The highest BCUT2D eigenvalue weighted by atomic mass is 16.2. The van der Waals surface area contributed by atoms with Crippen molar-refractivity contribution in [2.24, 2.45) is 11.8 Å². The molecule has 0 radical (unpaired) electrons. The molecule has 122 valence electrons. The van der Waals surface area contributed by atoms with Crippen LogP contribution in [0.25, 0.3) is 0 Å². The van der Waals surface area contributed by atoms with E-state index < -0.39 is 0 Å². The summed E-state index contributed by atoms with van der Waals surface area (Å²) in [6.07, 6.45) is 7.80. The molecule has 5 rings (SSSR count). The van der Waals surface area contributed by atoms with Crippen molar-refractivity contribution in [2.45, 2.75) is 38.6 Å². The topological polar surface area (TPSA) is 53.5 Å². The summed E-state index contributed by atoms with van der Waals surface area (Å²) in [5.74, 6) is 0.969. The van der Waals surface area contributed by atoms with E-state index >= 15 is 0 Å². The number of pyridine rings is 1. The summed E-state index contributed by atoms with van der Waals surface area (Å²) in [5.41, 5.74) is 1.61. The van der Waals surface area contributed by atoms with Gasteiger partial charge in [-0.3, -0.25) is 14.6 Å². The van der Waals surface area contributed by atoms with Crippen molar-refractivity contribution in [3.8, 4) is 0 Å². The second kappa shape index (κ2) is 5.62.